The molecule has 2 atom stereocenters. The third kappa shape index (κ3) is 1.47. The summed E-state index contributed by atoms with van der Waals surface area (Å²) in [7, 11) is 1.76. The molecule has 0 aromatic carbocycles. The highest BCUT2D eigenvalue weighted by atomic mass is 16.5. The highest BCUT2D eigenvalue weighted by molar-refractivity contribution is 5.01. The van der Waals surface area contributed by atoms with Gasteiger partial charge in [0, 0.05) is 32.1 Å². The molecule has 0 amide bonds. The van der Waals surface area contributed by atoms with Gasteiger partial charge in [0.25, 0.3) is 0 Å². The van der Waals surface area contributed by atoms with Crippen LogP contribution in [-0.4, -0.2) is 35.9 Å². The number of aryl methyl sites for hydroxylation is 1. The zero-order chi connectivity index (χ0) is 9.26. The molecule has 0 saturated carbocycles. The van der Waals surface area contributed by atoms with E-state index in [4.69, 9.17) is 4.74 Å². The molecule has 72 valence electrons. The maximum absolute atomic E-state index is 5.39. The Kier molecular flexibility index (Phi) is 2.33. The second-order valence-electron chi connectivity index (χ2n) is 3.44. The average molecular weight is 181 g/mol. The summed E-state index contributed by atoms with van der Waals surface area (Å²) in [6, 6.07) is 0.396. The number of imidazole rings is 1. The van der Waals surface area contributed by atoms with Crippen LogP contribution in [-0.2, 0) is 4.74 Å². The first-order chi connectivity index (χ1) is 6.33. The van der Waals surface area contributed by atoms with Gasteiger partial charge in [-0.05, 0) is 6.92 Å². The van der Waals surface area contributed by atoms with Gasteiger partial charge in [-0.25, -0.2) is 4.98 Å². The van der Waals surface area contributed by atoms with Crippen molar-refractivity contribution in [3.63, 3.8) is 0 Å². The molecule has 0 spiro atoms. The molecule has 4 nitrogen and oxygen atoms in total. The normalized spacial score (nSPS) is 28.2. The Morgan fingerprint density at radius 1 is 1.62 bits per heavy atom. The highest BCUT2D eigenvalue weighted by Gasteiger charge is 2.28. The molecule has 2 heterocycles. The molecule has 1 aliphatic rings. The van der Waals surface area contributed by atoms with Crippen molar-refractivity contribution in [2.75, 3.05) is 20.2 Å². The Morgan fingerprint density at radius 2 is 2.46 bits per heavy atom. The number of methoxy groups -OCH3 is 1. The first-order valence-electron chi connectivity index (χ1n) is 4.55. The van der Waals surface area contributed by atoms with Crippen molar-refractivity contribution in [2.45, 2.75) is 19.1 Å². The fourth-order valence-corrected chi connectivity index (χ4v) is 1.88. The lowest BCUT2D eigenvalue weighted by molar-refractivity contribution is 0.0860. The summed E-state index contributed by atoms with van der Waals surface area (Å²) in [5, 5.41) is 3.32. The van der Waals surface area contributed by atoms with Gasteiger partial charge in [-0.15, -0.1) is 0 Å². The summed E-state index contributed by atoms with van der Waals surface area (Å²) in [6.45, 7) is 3.96. The lowest BCUT2D eigenvalue weighted by Gasteiger charge is -2.19. The van der Waals surface area contributed by atoms with E-state index in [1.54, 1.807) is 7.11 Å². The fraction of sp³-hybridized carbons (Fsp3) is 0.667. The molecule has 1 unspecified atom stereocenters. The highest BCUT2D eigenvalue weighted by Crippen LogP contribution is 2.19. The largest absolute Gasteiger partial charge is 0.378 e. The van der Waals surface area contributed by atoms with Crippen LogP contribution in [0.2, 0.25) is 0 Å². The van der Waals surface area contributed by atoms with E-state index in [0.29, 0.717) is 6.04 Å². The number of hydrogen-bond donors (Lipinski definition) is 1. The molecule has 1 fully saturated rings. The SMILES string of the molecule is CO[C@H]1CNCC1n1cncc1C. The minimum atomic E-state index is 0.271. The van der Waals surface area contributed by atoms with Gasteiger partial charge in [0.15, 0.2) is 0 Å². The van der Waals surface area contributed by atoms with E-state index in [9.17, 15) is 0 Å². The van der Waals surface area contributed by atoms with Crippen LogP contribution in [0.15, 0.2) is 12.5 Å². The van der Waals surface area contributed by atoms with E-state index in [2.05, 4.69) is 21.8 Å². The van der Waals surface area contributed by atoms with Gasteiger partial charge in [-0.3, -0.25) is 0 Å². The number of nitrogens with zero attached hydrogens (tertiary/aromatic N) is 2. The Morgan fingerprint density at radius 3 is 3.08 bits per heavy atom. The number of ether oxygens (including phenoxy) is 1. The zero-order valence-electron chi connectivity index (χ0n) is 8.03. The van der Waals surface area contributed by atoms with E-state index >= 15 is 0 Å². The van der Waals surface area contributed by atoms with Crippen LogP contribution < -0.4 is 5.32 Å². The Bertz CT molecular complexity index is 284. The van der Waals surface area contributed by atoms with Crippen molar-refractivity contribution >= 4 is 0 Å². The minimum Gasteiger partial charge on any atom is -0.378 e. The Hall–Kier alpha value is -0.870. The number of nitrogens with one attached hydrogen (secondary N) is 1. The summed E-state index contributed by atoms with van der Waals surface area (Å²) < 4.78 is 7.57. The van der Waals surface area contributed by atoms with Crippen LogP contribution >= 0.6 is 0 Å². The standard InChI is InChI=1S/C9H15N3O/c1-7-3-11-6-12(7)8-4-10-5-9(8)13-2/h3,6,8-10H,4-5H2,1-2H3/t8?,9-/m0/s1. The molecule has 1 N–H and O–H groups in total. The second kappa shape index (κ2) is 3.47. The monoisotopic (exact) mass is 181 g/mol. The van der Waals surface area contributed by atoms with E-state index in [1.165, 1.54) is 5.69 Å². The van der Waals surface area contributed by atoms with Gasteiger partial charge in [0.05, 0.1) is 18.5 Å². The molecular formula is C9H15N3O. The van der Waals surface area contributed by atoms with Crippen LogP contribution in [0.1, 0.15) is 11.7 Å². The summed E-state index contributed by atoms with van der Waals surface area (Å²) >= 11 is 0. The molecule has 1 aromatic rings. The molecule has 0 radical (unpaired) electrons. The van der Waals surface area contributed by atoms with Gasteiger partial charge >= 0.3 is 0 Å². The summed E-state index contributed by atoms with van der Waals surface area (Å²) in [5.41, 5.74) is 1.19. The fourth-order valence-electron chi connectivity index (χ4n) is 1.88. The summed E-state index contributed by atoms with van der Waals surface area (Å²) in [6.07, 6.45) is 4.03. The van der Waals surface area contributed by atoms with Crippen molar-refractivity contribution in [3.8, 4) is 0 Å². The van der Waals surface area contributed by atoms with Gasteiger partial charge < -0.3 is 14.6 Å². The second-order valence-corrected chi connectivity index (χ2v) is 3.44. The van der Waals surface area contributed by atoms with E-state index < -0.39 is 0 Å². The van der Waals surface area contributed by atoms with E-state index in [1.807, 2.05) is 12.5 Å². The maximum Gasteiger partial charge on any atom is 0.0952 e. The first kappa shape index (κ1) is 8.72. The van der Waals surface area contributed by atoms with Gasteiger partial charge in [0.1, 0.15) is 0 Å². The number of hydrogen-bond acceptors (Lipinski definition) is 3. The van der Waals surface area contributed by atoms with Crippen LogP contribution in [0.5, 0.6) is 0 Å². The lowest BCUT2D eigenvalue weighted by Crippen LogP contribution is -2.24. The Balaban J connectivity index is 2.20. The molecule has 4 heteroatoms. The van der Waals surface area contributed by atoms with Crippen LogP contribution in [0, 0.1) is 6.92 Å². The molecule has 1 aromatic heterocycles. The van der Waals surface area contributed by atoms with Crippen molar-refractivity contribution in [1.82, 2.24) is 14.9 Å². The summed E-state index contributed by atoms with van der Waals surface area (Å²) in [5.74, 6) is 0. The predicted octanol–water partition coefficient (Wildman–Crippen LogP) is 0.351. The molecule has 1 aliphatic heterocycles. The quantitative estimate of drug-likeness (QED) is 0.715. The molecule has 0 bridgehead atoms. The third-order valence-corrected chi connectivity index (χ3v) is 2.65. The van der Waals surface area contributed by atoms with Crippen LogP contribution in [0.25, 0.3) is 0 Å². The predicted molar refractivity (Wildman–Crippen MR) is 49.7 cm³/mol. The van der Waals surface area contributed by atoms with Crippen molar-refractivity contribution in [3.05, 3.63) is 18.2 Å². The topological polar surface area (TPSA) is 39.1 Å². The molecular weight excluding hydrogens is 166 g/mol. The maximum atomic E-state index is 5.39. The Labute approximate surface area is 77.9 Å². The van der Waals surface area contributed by atoms with Crippen molar-refractivity contribution in [1.29, 1.82) is 0 Å². The number of rotatable bonds is 2. The molecule has 0 aliphatic carbocycles. The zero-order valence-corrected chi connectivity index (χ0v) is 8.03. The molecule has 1 saturated heterocycles. The van der Waals surface area contributed by atoms with Gasteiger partial charge in [0.2, 0.25) is 0 Å². The molecule has 2 rings (SSSR count). The summed E-state index contributed by atoms with van der Waals surface area (Å²) in [4.78, 5) is 4.11. The lowest BCUT2D eigenvalue weighted by atomic mass is 10.2. The molecule has 13 heavy (non-hydrogen) atoms. The minimum absolute atomic E-state index is 0.271. The number of aromatic nitrogens is 2. The average Bonchev–Trinajstić information content (AvgIpc) is 2.71. The smallest absolute Gasteiger partial charge is 0.0952 e. The van der Waals surface area contributed by atoms with Gasteiger partial charge in [-0.1, -0.05) is 0 Å². The van der Waals surface area contributed by atoms with E-state index in [-0.39, 0.29) is 6.10 Å². The van der Waals surface area contributed by atoms with Crippen molar-refractivity contribution < 1.29 is 4.74 Å². The van der Waals surface area contributed by atoms with E-state index in [0.717, 1.165) is 13.1 Å². The first-order valence-corrected chi connectivity index (χ1v) is 4.55. The third-order valence-electron chi connectivity index (χ3n) is 2.65. The van der Waals surface area contributed by atoms with Crippen LogP contribution in [0.3, 0.4) is 0 Å². The van der Waals surface area contributed by atoms with Gasteiger partial charge in [-0.2, -0.15) is 0 Å². The van der Waals surface area contributed by atoms with Crippen molar-refractivity contribution in [2.24, 2.45) is 0 Å². The van der Waals surface area contributed by atoms with Crippen LogP contribution in [0.4, 0.5) is 0 Å².